The van der Waals surface area contributed by atoms with Gasteiger partial charge >= 0.3 is 0 Å². The number of hydrogen-bond donors (Lipinski definition) is 1. The van der Waals surface area contributed by atoms with Gasteiger partial charge in [-0.25, -0.2) is 11.0 Å². The predicted octanol–water partition coefficient (Wildman–Crippen LogP) is 2.55. The number of carbonyl (C=O) groups is 1. The summed E-state index contributed by atoms with van der Waals surface area (Å²) in [5.74, 6) is 0.226. The summed E-state index contributed by atoms with van der Waals surface area (Å²) < 4.78 is 1.69. The first-order valence-electron chi connectivity index (χ1n) is 8.71. The number of aryl methyl sites for hydroxylation is 1. The van der Waals surface area contributed by atoms with Gasteiger partial charge in [0, 0.05) is 46.3 Å². The first-order chi connectivity index (χ1) is 11.3. The van der Waals surface area contributed by atoms with E-state index in [9.17, 15) is 9.59 Å². The number of nitrogens with one attached hydrogen (secondary N) is 1. The molecule has 0 saturated heterocycles. The van der Waals surface area contributed by atoms with E-state index in [1.807, 2.05) is 20.8 Å². The van der Waals surface area contributed by atoms with E-state index in [0.29, 0.717) is 5.82 Å². The molecule has 7 heteroatoms. The summed E-state index contributed by atoms with van der Waals surface area (Å²) in [6, 6.07) is 0.247. The number of amides is 1. The molecule has 0 saturated carbocycles. The molecule has 1 aromatic heterocycles. The van der Waals surface area contributed by atoms with Crippen molar-refractivity contribution in [1.82, 2.24) is 14.9 Å². The van der Waals surface area contributed by atoms with Gasteiger partial charge in [0.15, 0.2) is 5.82 Å². The van der Waals surface area contributed by atoms with Gasteiger partial charge in [-0.2, -0.15) is 13.8 Å². The number of hydrogen-bond acceptors (Lipinski definition) is 4. The van der Waals surface area contributed by atoms with Crippen LogP contribution in [0.15, 0.2) is 4.79 Å². The average molecular weight is 531 g/mol. The smallest absolute Gasteiger partial charge is 0.294 e. The van der Waals surface area contributed by atoms with Crippen LogP contribution in [0, 0.1) is 18.4 Å². The number of nitrogens with zero attached hydrogens (tertiary/aromatic N) is 3. The normalized spacial score (nSPS) is 20.2. The Labute approximate surface area is 171 Å². The van der Waals surface area contributed by atoms with E-state index in [-0.39, 0.29) is 43.4 Å². The Balaban J connectivity index is 0.00000338. The summed E-state index contributed by atoms with van der Waals surface area (Å²) in [6.45, 7) is 14.0. The molecule has 0 bridgehead atoms. The van der Waals surface area contributed by atoms with E-state index in [4.69, 9.17) is 0 Å². The van der Waals surface area contributed by atoms with Crippen molar-refractivity contribution in [2.45, 2.75) is 66.3 Å². The molecule has 26 heavy (non-hydrogen) atoms. The van der Waals surface area contributed by atoms with E-state index in [1.165, 1.54) is 0 Å². The molecule has 0 aromatic carbocycles. The minimum absolute atomic E-state index is 0. The van der Waals surface area contributed by atoms with Crippen LogP contribution in [0.25, 0.3) is 0 Å². The minimum Gasteiger partial charge on any atom is -0.501 e. The van der Waals surface area contributed by atoms with Crippen molar-refractivity contribution < 1.29 is 25.9 Å². The maximum Gasteiger partial charge on any atom is 0.294 e. The molecule has 1 amide bonds. The fraction of sp³-hybridized carbons (Fsp3) is 0.684. The van der Waals surface area contributed by atoms with Crippen LogP contribution in [0.1, 0.15) is 65.4 Å². The third-order valence-corrected chi connectivity index (χ3v) is 4.85. The third kappa shape index (κ3) is 3.90. The van der Waals surface area contributed by atoms with Crippen molar-refractivity contribution in [3.8, 4) is 0 Å². The van der Waals surface area contributed by atoms with Crippen LogP contribution >= 0.6 is 0 Å². The van der Waals surface area contributed by atoms with Crippen LogP contribution < -0.4 is 15.8 Å². The summed E-state index contributed by atoms with van der Waals surface area (Å²) in [7, 11) is 3.60. The molecule has 2 rings (SSSR count). The molecule has 1 aromatic rings. The van der Waals surface area contributed by atoms with E-state index in [0.717, 1.165) is 23.9 Å². The van der Waals surface area contributed by atoms with E-state index >= 15 is 0 Å². The zero-order valence-electron chi connectivity index (χ0n) is 17.4. The second-order valence-electron chi connectivity index (χ2n) is 8.88. The van der Waals surface area contributed by atoms with Gasteiger partial charge < -0.3 is 10.2 Å². The van der Waals surface area contributed by atoms with Crippen molar-refractivity contribution in [2.24, 2.45) is 5.41 Å². The largest absolute Gasteiger partial charge is 0.501 e. The Bertz CT molecular complexity index is 751. The van der Waals surface area contributed by atoms with E-state index < -0.39 is 6.04 Å². The Morgan fingerprint density at radius 1 is 1.27 bits per heavy atom. The number of rotatable bonds is 3. The molecule has 0 radical (unpaired) electrons. The second kappa shape index (κ2) is 7.46. The summed E-state index contributed by atoms with van der Waals surface area (Å²) in [4.78, 5) is 32.5. The van der Waals surface area contributed by atoms with Crippen molar-refractivity contribution in [1.29, 1.82) is 0 Å². The van der Waals surface area contributed by atoms with Crippen LogP contribution in [0.3, 0.4) is 0 Å². The van der Waals surface area contributed by atoms with E-state index in [2.05, 4.69) is 38.0 Å². The minimum atomic E-state index is -0.571. The van der Waals surface area contributed by atoms with Gasteiger partial charge in [-0.3, -0.25) is 14.2 Å². The Kier molecular flexibility index (Phi) is 6.56. The maximum atomic E-state index is 13.3. The molecule has 1 N–H and O–H groups in total. The first kappa shape index (κ1) is 22.9. The molecule has 6 nitrogen and oxygen atoms in total. The quantitative estimate of drug-likeness (QED) is 0.610. The number of aromatic nitrogens is 2. The van der Waals surface area contributed by atoms with Gasteiger partial charge in [0.2, 0.25) is 5.91 Å². The number of carbonyl (C=O) groups excluding carboxylic acids is 1. The third-order valence-electron chi connectivity index (χ3n) is 4.85. The van der Waals surface area contributed by atoms with E-state index in [1.54, 1.807) is 23.6 Å². The maximum absolute atomic E-state index is 13.3. The molecule has 1 aliphatic heterocycles. The fourth-order valence-electron chi connectivity index (χ4n) is 4.45. The van der Waals surface area contributed by atoms with Gasteiger partial charge in [0.05, 0.1) is 5.69 Å². The van der Waals surface area contributed by atoms with Gasteiger partial charge in [0.25, 0.3) is 5.56 Å². The first-order valence-corrected chi connectivity index (χ1v) is 8.71. The topological polar surface area (TPSA) is 67.2 Å². The molecule has 146 valence electrons. The van der Waals surface area contributed by atoms with Crippen LogP contribution in [-0.4, -0.2) is 29.6 Å². The van der Waals surface area contributed by atoms with Gasteiger partial charge in [0.1, 0.15) is 6.04 Å². The van der Waals surface area contributed by atoms with Crippen molar-refractivity contribution in [2.75, 3.05) is 19.0 Å². The number of fused-ring (bicyclic) bond motifs is 1. The second-order valence-corrected chi connectivity index (χ2v) is 8.88. The van der Waals surface area contributed by atoms with Crippen molar-refractivity contribution in [3.05, 3.63) is 27.8 Å². The monoisotopic (exact) mass is 531 g/mol. The summed E-state index contributed by atoms with van der Waals surface area (Å²) in [5, 5.41) is 2.92. The molecule has 0 fully saturated rings. The molecule has 0 aliphatic carbocycles. The summed E-state index contributed by atoms with van der Waals surface area (Å²) >= 11 is 0. The average Bonchev–Trinajstić information content (AvgIpc) is 2.38. The zero-order valence-corrected chi connectivity index (χ0v) is 20.3. The van der Waals surface area contributed by atoms with Gasteiger partial charge in [-0.05, 0) is 18.8 Å². The summed E-state index contributed by atoms with van der Waals surface area (Å²) in [5.41, 5.74) is 0.847. The van der Waals surface area contributed by atoms with Crippen molar-refractivity contribution >= 4 is 11.7 Å². The number of anilines is 1. The van der Waals surface area contributed by atoms with Crippen LogP contribution in [0.2, 0.25) is 0 Å². The molecular formula is C19H31N4O2W-. The molecular weight excluding hydrogens is 500 g/mol. The zero-order chi connectivity index (χ0) is 19.3. The predicted molar refractivity (Wildman–Crippen MR) is 101 cm³/mol. The standard InChI is InChI=1S/C19H31N4O2.W/c1-11(2)20-16(24)14-19(6,7)10-18(4,5)13-12(3)21-15(22(8)9)17(25)23(13)14;/h14H,10H2,1-9H3,(H,20,24);/q-1;/t14-;/m1./s1. The Morgan fingerprint density at radius 2 is 1.81 bits per heavy atom. The fourth-order valence-corrected chi connectivity index (χ4v) is 4.45. The molecule has 0 spiro atoms. The van der Waals surface area contributed by atoms with Crippen LogP contribution in [-0.2, 0) is 31.3 Å². The summed E-state index contributed by atoms with van der Waals surface area (Å²) in [6.07, 6.45) is 0.796. The van der Waals surface area contributed by atoms with Gasteiger partial charge in [-0.1, -0.05) is 27.7 Å². The molecule has 2 heterocycles. The molecule has 1 aliphatic rings. The van der Waals surface area contributed by atoms with Crippen molar-refractivity contribution in [3.63, 3.8) is 0 Å². The Hall–Kier alpha value is -1.16. The Morgan fingerprint density at radius 3 is 2.27 bits per heavy atom. The molecule has 1 atom stereocenters. The van der Waals surface area contributed by atoms with Gasteiger partial charge in [-0.15, -0.1) is 0 Å². The van der Waals surface area contributed by atoms with Crippen LogP contribution in [0.4, 0.5) is 5.82 Å². The SMILES string of the molecule is Cc1nc(N(C)C)c(=O)n2c1C(C)(C)CC(C)(C)[C@H]2C(=O)N[C-](C)C.[W]. The van der Waals surface area contributed by atoms with Crippen LogP contribution in [0.5, 0.6) is 0 Å². The molecule has 0 unspecified atom stereocenters.